The molecule has 1 saturated heterocycles. The molecule has 3 heterocycles. The Balaban J connectivity index is 1.53. The van der Waals surface area contributed by atoms with Crippen LogP contribution in [0.2, 0.25) is 0 Å². The van der Waals surface area contributed by atoms with Gasteiger partial charge in [0.25, 0.3) is 5.91 Å². The first-order valence-electron chi connectivity index (χ1n) is 10.4. The Morgan fingerprint density at radius 2 is 2.09 bits per heavy atom. The number of hydrogen-bond acceptors (Lipinski definition) is 7. The molecular formula is C23H27N5O4. The normalized spacial score (nSPS) is 25.4. The van der Waals surface area contributed by atoms with Crippen LogP contribution in [0.4, 0.5) is 11.4 Å². The lowest BCUT2D eigenvalue weighted by atomic mass is 9.84. The number of hydrogen-bond donors (Lipinski definition) is 4. The summed E-state index contributed by atoms with van der Waals surface area (Å²) in [5.41, 5.74) is 7.18. The SMILES string of the molecule is C[C@H]1O[C@@H](c2ccncc2NC(=O)c2nn(Cc3ccccc3)cc2N)C[C@@H](O)[C@]1(C)O. The third-order valence-corrected chi connectivity index (χ3v) is 5.95. The summed E-state index contributed by atoms with van der Waals surface area (Å²) >= 11 is 0. The summed E-state index contributed by atoms with van der Waals surface area (Å²) in [5.74, 6) is -0.472. The second-order valence-electron chi connectivity index (χ2n) is 8.28. The number of rotatable bonds is 5. The van der Waals surface area contributed by atoms with Gasteiger partial charge in [0.15, 0.2) is 5.69 Å². The van der Waals surface area contributed by atoms with Crippen LogP contribution < -0.4 is 11.1 Å². The zero-order chi connectivity index (χ0) is 22.9. The topological polar surface area (TPSA) is 136 Å². The van der Waals surface area contributed by atoms with Crippen molar-refractivity contribution in [1.29, 1.82) is 0 Å². The van der Waals surface area contributed by atoms with E-state index in [1.54, 1.807) is 37.0 Å². The van der Waals surface area contributed by atoms with Crippen molar-refractivity contribution in [2.24, 2.45) is 0 Å². The van der Waals surface area contributed by atoms with E-state index in [4.69, 9.17) is 10.5 Å². The van der Waals surface area contributed by atoms with Crippen LogP contribution in [-0.4, -0.2) is 48.7 Å². The molecule has 0 saturated carbocycles. The number of anilines is 2. The Hall–Kier alpha value is -3.27. The molecule has 168 valence electrons. The predicted molar refractivity (Wildman–Crippen MR) is 119 cm³/mol. The van der Waals surface area contributed by atoms with Crippen molar-refractivity contribution in [1.82, 2.24) is 14.8 Å². The number of nitrogens with zero attached hydrogens (tertiary/aromatic N) is 3. The van der Waals surface area contributed by atoms with Gasteiger partial charge in [-0.25, -0.2) is 0 Å². The molecule has 4 rings (SSSR count). The summed E-state index contributed by atoms with van der Waals surface area (Å²) in [6, 6.07) is 11.5. The number of nitrogens with one attached hydrogen (secondary N) is 1. The van der Waals surface area contributed by atoms with E-state index >= 15 is 0 Å². The van der Waals surface area contributed by atoms with Crippen LogP contribution in [0, 0.1) is 0 Å². The van der Waals surface area contributed by atoms with Crippen LogP contribution in [0.25, 0.3) is 0 Å². The maximum atomic E-state index is 12.9. The molecule has 4 atom stereocenters. The number of benzene rings is 1. The van der Waals surface area contributed by atoms with Gasteiger partial charge in [-0.05, 0) is 25.5 Å². The van der Waals surface area contributed by atoms with Crippen molar-refractivity contribution in [2.45, 2.75) is 50.7 Å². The predicted octanol–water partition coefficient (Wildman–Crippen LogP) is 2.12. The number of nitrogen functional groups attached to an aromatic ring is 1. The average Bonchev–Trinajstić information content (AvgIpc) is 3.13. The molecule has 1 aliphatic rings. The Morgan fingerprint density at radius 3 is 2.81 bits per heavy atom. The van der Waals surface area contributed by atoms with E-state index in [1.807, 2.05) is 30.3 Å². The number of pyridine rings is 1. The lowest BCUT2D eigenvalue weighted by Gasteiger charge is -2.43. The van der Waals surface area contributed by atoms with Crippen molar-refractivity contribution in [3.8, 4) is 0 Å². The van der Waals surface area contributed by atoms with Crippen molar-refractivity contribution in [3.05, 3.63) is 71.8 Å². The highest BCUT2D eigenvalue weighted by atomic mass is 16.5. The van der Waals surface area contributed by atoms with Crippen LogP contribution in [0.3, 0.4) is 0 Å². The Kier molecular flexibility index (Phi) is 5.96. The van der Waals surface area contributed by atoms with E-state index < -0.39 is 29.8 Å². The first-order chi connectivity index (χ1) is 15.3. The van der Waals surface area contributed by atoms with E-state index in [0.717, 1.165) is 5.56 Å². The summed E-state index contributed by atoms with van der Waals surface area (Å²) in [6.45, 7) is 3.74. The monoisotopic (exact) mass is 437 g/mol. The van der Waals surface area contributed by atoms with Crippen LogP contribution in [-0.2, 0) is 11.3 Å². The van der Waals surface area contributed by atoms with Crippen molar-refractivity contribution >= 4 is 17.3 Å². The van der Waals surface area contributed by atoms with Crippen molar-refractivity contribution in [3.63, 3.8) is 0 Å². The minimum Gasteiger partial charge on any atom is -0.396 e. The van der Waals surface area contributed by atoms with Gasteiger partial charge in [-0.15, -0.1) is 0 Å². The average molecular weight is 438 g/mol. The first-order valence-corrected chi connectivity index (χ1v) is 10.4. The largest absolute Gasteiger partial charge is 0.396 e. The molecular weight excluding hydrogens is 410 g/mol. The van der Waals surface area contributed by atoms with Gasteiger partial charge in [0.05, 0.1) is 42.4 Å². The van der Waals surface area contributed by atoms with Crippen LogP contribution in [0.1, 0.15) is 48.0 Å². The molecule has 1 aromatic carbocycles. The summed E-state index contributed by atoms with van der Waals surface area (Å²) < 4.78 is 7.57. The molecule has 32 heavy (non-hydrogen) atoms. The molecule has 1 aliphatic heterocycles. The summed E-state index contributed by atoms with van der Waals surface area (Å²) in [5, 5.41) is 27.9. The fourth-order valence-corrected chi connectivity index (χ4v) is 3.79. The number of nitrogens with two attached hydrogens (primary N) is 1. The summed E-state index contributed by atoms with van der Waals surface area (Å²) in [6.07, 6.45) is 2.80. The summed E-state index contributed by atoms with van der Waals surface area (Å²) in [7, 11) is 0. The minimum absolute atomic E-state index is 0.108. The third-order valence-electron chi connectivity index (χ3n) is 5.95. The lowest BCUT2D eigenvalue weighted by molar-refractivity contribution is -0.215. The standard InChI is InChI=1S/C23H27N5O4/c1-14-23(2,31)20(29)10-19(32-14)16-8-9-25-11-18(16)26-22(30)21-17(24)13-28(27-21)12-15-6-4-3-5-7-15/h3-9,11,13-14,19-20,29,31H,10,12,24H2,1-2H3,(H,26,30)/t14-,19-,20-,23-/m1/s1. The number of aliphatic hydroxyl groups excluding tert-OH is 1. The first kappa shape index (κ1) is 21.9. The van der Waals surface area contributed by atoms with Crippen molar-refractivity contribution in [2.75, 3.05) is 11.1 Å². The maximum absolute atomic E-state index is 12.9. The lowest BCUT2D eigenvalue weighted by Crippen LogP contribution is -2.54. The zero-order valence-electron chi connectivity index (χ0n) is 18.0. The van der Waals surface area contributed by atoms with Gasteiger partial charge in [0.2, 0.25) is 0 Å². The number of carbonyl (C=O) groups is 1. The van der Waals surface area contributed by atoms with Gasteiger partial charge in [-0.1, -0.05) is 30.3 Å². The molecule has 1 fully saturated rings. The van der Waals surface area contributed by atoms with Crippen LogP contribution in [0.5, 0.6) is 0 Å². The smallest absolute Gasteiger partial charge is 0.278 e. The minimum atomic E-state index is -1.35. The molecule has 0 bridgehead atoms. The van der Waals surface area contributed by atoms with Crippen LogP contribution in [0.15, 0.2) is 55.0 Å². The number of aliphatic hydroxyl groups is 2. The van der Waals surface area contributed by atoms with Gasteiger partial charge in [0.1, 0.15) is 5.60 Å². The van der Waals surface area contributed by atoms with Crippen LogP contribution >= 0.6 is 0 Å². The molecule has 3 aromatic rings. The second-order valence-corrected chi connectivity index (χ2v) is 8.28. The Morgan fingerprint density at radius 1 is 1.34 bits per heavy atom. The maximum Gasteiger partial charge on any atom is 0.278 e. The number of ether oxygens (including phenoxy) is 1. The molecule has 9 heteroatoms. The van der Waals surface area contributed by atoms with E-state index in [9.17, 15) is 15.0 Å². The van der Waals surface area contributed by atoms with E-state index in [2.05, 4.69) is 15.4 Å². The van der Waals surface area contributed by atoms with Gasteiger partial charge in [-0.3, -0.25) is 14.5 Å². The molecule has 1 amide bonds. The van der Waals surface area contributed by atoms with Gasteiger partial charge >= 0.3 is 0 Å². The van der Waals surface area contributed by atoms with Gasteiger partial charge < -0.3 is 26.0 Å². The molecule has 2 aromatic heterocycles. The van der Waals surface area contributed by atoms with E-state index in [0.29, 0.717) is 17.8 Å². The molecule has 5 N–H and O–H groups in total. The molecule has 0 aliphatic carbocycles. The highest BCUT2D eigenvalue weighted by molar-refractivity contribution is 6.06. The number of aromatic nitrogens is 3. The van der Waals surface area contributed by atoms with E-state index in [-0.39, 0.29) is 17.8 Å². The Bertz CT molecular complexity index is 1080. The highest BCUT2D eigenvalue weighted by Crippen LogP contribution is 2.39. The van der Waals surface area contributed by atoms with Gasteiger partial charge in [-0.2, -0.15) is 5.10 Å². The van der Waals surface area contributed by atoms with Crippen molar-refractivity contribution < 1.29 is 19.7 Å². The van der Waals surface area contributed by atoms with E-state index in [1.165, 1.54) is 6.20 Å². The fraction of sp³-hybridized carbons (Fsp3) is 0.348. The molecule has 0 unspecified atom stereocenters. The second kappa shape index (κ2) is 8.70. The highest BCUT2D eigenvalue weighted by Gasteiger charge is 2.44. The number of amides is 1. The summed E-state index contributed by atoms with van der Waals surface area (Å²) in [4.78, 5) is 17.0. The molecule has 9 nitrogen and oxygen atoms in total. The fourth-order valence-electron chi connectivity index (χ4n) is 3.79. The number of carbonyl (C=O) groups excluding carboxylic acids is 1. The molecule has 0 radical (unpaired) electrons. The Labute approximate surface area is 185 Å². The zero-order valence-corrected chi connectivity index (χ0v) is 18.0. The molecule has 0 spiro atoms. The third kappa shape index (κ3) is 4.36. The quantitative estimate of drug-likeness (QED) is 0.480. The van der Waals surface area contributed by atoms with Gasteiger partial charge in [0, 0.05) is 24.4 Å².